The molecule has 1 atom stereocenters. The van der Waals surface area contributed by atoms with Crippen LogP contribution in [0.2, 0.25) is 0 Å². The Balaban J connectivity index is 0.974. The quantitative estimate of drug-likeness (QED) is 0.132. The molecule has 248 valence electrons. The maximum absolute atomic E-state index is 11.1. The van der Waals surface area contributed by atoms with Crippen molar-refractivity contribution in [2.75, 3.05) is 63.8 Å². The monoisotopic (exact) mass is 773 g/mol. The first-order valence-electron chi connectivity index (χ1n) is 15.9. The third-order valence-electron chi connectivity index (χ3n) is 8.79. The molecule has 10 nitrogen and oxygen atoms in total. The topological polar surface area (TPSA) is 99.9 Å². The Morgan fingerprint density at radius 2 is 1.48 bits per heavy atom. The second-order valence-corrected chi connectivity index (χ2v) is 13.7. The van der Waals surface area contributed by atoms with Crippen LogP contribution in [0.4, 0.5) is 17.5 Å². The van der Waals surface area contributed by atoms with E-state index >= 15 is 0 Å². The lowest BCUT2D eigenvalue weighted by atomic mass is 10.2. The van der Waals surface area contributed by atoms with Gasteiger partial charge in [0.15, 0.2) is 11.5 Å². The second-order valence-electron chi connectivity index (χ2n) is 11.9. The van der Waals surface area contributed by atoms with Gasteiger partial charge >= 0.3 is 0 Å². The van der Waals surface area contributed by atoms with Crippen LogP contribution < -0.4 is 25.0 Å². The smallest absolute Gasteiger partial charge is 0.227 e. The van der Waals surface area contributed by atoms with Crippen molar-refractivity contribution in [3.63, 3.8) is 0 Å². The van der Waals surface area contributed by atoms with Gasteiger partial charge in [0.05, 0.1) is 32.4 Å². The number of nitrogens with zero attached hydrogens (tertiary/aromatic N) is 5. The van der Waals surface area contributed by atoms with Crippen molar-refractivity contribution in [2.24, 2.45) is 0 Å². The van der Waals surface area contributed by atoms with E-state index in [-0.39, 0.29) is 0 Å². The maximum atomic E-state index is 11.1. The fraction of sp³-hybridized carbons (Fsp3) is 0.278. The molecular formula is C36H37Br2N7O3. The highest BCUT2D eigenvalue weighted by Crippen LogP contribution is 2.34. The molecule has 0 aliphatic carbocycles. The summed E-state index contributed by atoms with van der Waals surface area (Å²) in [6.45, 7) is 5.00. The zero-order valence-electron chi connectivity index (χ0n) is 26.8. The first-order chi connectivity index (χ1) is 23.4. The molecular weight excluding hydrogens is 738 g/mol. The summed E-state index contributed by atoms with van der Waals surface area (Å²) >= 11 is 7.23. The Bertz CT molecular complexity index is 2020. The van der Waals surface area contributed by atoms with Gasteiger partial charge < -0.3 is 34.7 Å². The van der Waals surface area contributed by atoms with Gasteiger partial charge in [0.25, 0.3) is 0 Å². The standard InChI is InChI=1S/C36H37Br2N7O3/c1-47-33-12-9-25(19-34(33)48-2)40-35-27-5-3-4-6-30(27)41-36(42-35)44-15-13-43(14-16-44)22-39-20-26(46)21-45-31-10-7-23(37)17-28(31)29-18-24(38)8-11-32(29)45/h3-12,17-19,26,39,46H,13-16,20-22H2,1-2H3,(H,40,41,42). The van der Waals surface area contributed by atoms with E-state index in [1.165, 1.54) is 0 Å². The summed E-state index contributed by atoms with van der Waals surface area (Å²) in [5.74, 6) is 2.75. The molecule has 1 saturated heterocycles. The molecule has 0 radical (unpaired) electrons. The maximum Gasteiger partial charge on any atom is 0.227 e. The Morgan fingerprint density at radius 3 is 2.17 bits per heavy atom. The van der Waals surface area contributed by atoms with E-state index in [9.17, 15) is 5.11 Å². The SMILES string of the molecule is COc1ccc(Nc2nc(N3CCN(CNCC(O)Cn4c5ccc(Br)cc5c5cc(Br)ccc54)CC3)nc3ccccc23)cc1OC. The number of nitrogens with one attached hydrogen (secondary N) is 2. The summed E-state index contributed by atoms with van der Waals surface area (Å²) in [6.07, 6.45) is -0.542. The molecule has 2 aromatic heterocycles. The highest BCUT2D eigenvalue weighted by Gasteiger charge is 2.21. The van der Waals surface area contributed by atoms with Crippen molar-refractivity contribution in [1.82, 2.24) is 24.8 Å². The summed E-state index contributed by atoms with van der Waals surface area (Å²) in [5, 5.41) is 21.3. The third kappa shape index (κ3) is 6.81. The van der Waals surface area contributed by atoms with Crippen LogP contribution in [0.3, 0.4) is 0 Å². The Kier molecular flexibility index (Phi) is 9.69. The van der Waals surface area contributed by atoms with Crippen LogP contribution >= 0.6 is 31.9 Å². The number of piperazine rings is 1. The fourth-order valence-corrected chi connectivity index (χ4v) is 7.09. The van der Waals surface area contributed by atoms with E-state index < -0.39 is 6.10 Å². The van der Waals surface area contributed by atoms with Gasteiger partial charge in [0, 0.05) is 87.3 Å². The summed E-state index contributed by atoms with van der Waals surface area (Å²) in [4.78, 5) is 14.5. The molecule has 1 aliphatic rings. The van der Waals surface area contributed by atoms with Crippen molar-refractivity contribution in [3.8, 4) is 11.5 Å². The Labute approximate surface area is 295 Å². The molecule has 0 amide bonds. The number of aromatic nitrogens is 3. The molecule has 7 rings (SSSR count). The zero-order chi connectivity index (χ0) is 33.2. The molecule has 1 unspecified atom stereocenters. The number of hydrogen-bond acceptors (Lipinski definition) is 9. The molecule has 4 aromatic carbocycles. The lowest BCUT2D eigenvalue weighted by Crippen LogP contribution is -2.50. The normalized spacial score (nSPS) is 14.6. The lowest BCUT2D eigenvalue weighted by molar-refractivity contribution is 0.142. The van der Waals surface area contributed by atoms with Gasteiger partial charge in [-0.05, 0) is 60.7 Å². The average molecular weight is 776 g/mol. The average Bonchev–Trinajstić information content (AvgIpc) is 3.39. The summed E-state index contributed by atoms with van der Waals surface area (Å²) in [6, 6.07) is 26.4. The predicted octanol–water partition coefficient (Wildman–Crippen LogP) is 6.75. The summed E-state index contributed by atoms with van der Waals surface area (Å²) in [5.41, 5.74) is 3.95. The fourth-order valence-electron chi connectivity index (χ4n) is 6.37. The van der Waals surface area contributed by atoms with Gasteiger partial charge in [-0.3, -0.25) is 4.90 Å². The molecule has 48 heavy (non-hydrogen) atoms. The lowest BCUT2D eigenvalue weighted by Gasteiger charge is -2.35. The van der Waals surface area contributed by atoms with E-state index in [1.807, 2.05) is 42.5 Å². The number of rotatable bonds is 11. The van der Waals surface area contributed by atoms with Crippen molar-refractivity contribution in [2.45, 2.75) is 12.6 Å². The van der Waals surface area contributed by atoms with Gasteiger partial charge in [0.1, 0.15) is 5.82 Å². The zero-order valence-corrected chi connectivity index (χ0v) is 30.0. The van der Waals surface area contributed by atoms with Crippen LogP contribution in [-0.4, -0.2) is 84.3 Å². The minimum Gasteiger partial charge on any atom is -0.493 e. The largest absolute Gasteiger partial charge is 0.493 e. The van der Waals surface area contributed by atoms with Gasteiger partial charge in [-0.2, -0.15) is 4.98 Å². The Morgan fingerprint density at radius 1 is 0.792 bits per heavy atom. The van der Waals surface area contributed by atoms with Gasteiger partial charge in [-0.15, -0.1) is 0 Å². The minimum absolute atomic E-state index is 0.493. The number of fused-ring (bicyclic) bond motifs is 4. The van der Waals surface area contributed by atoms with Crippen molar-refractivity contribution < 1.29 is 14.6 Å². The van der Waals surface area contributed by atoms with Crippen molar-refractivity contribution in [1.29, 1.82) is 0 Å². The van der Waals surface area contributed by atoms with Crippen LogP contribution in [0.5, 0.6) is 11.5 Å². The van der Waals surface area contributed by atoms with Gasteiger partial charge in [-0.1, -0.05) is 44.0 Å². The molecule has 3 heterocycles. The third-order valence-corrected chi connectivity index (χ3v) is 9.78. The van der Waals surface area contributed by atoms with Crippen LogP contribution in [0, 0.1) is 0 Å². The molecule has 1 aliphatic heterocycles. The number of hydrogen-bond donors (Lipinski definition) is 3. The minimum atomic E-state index is -0.542. The van der Waals surface area contributed by atoms with E-state index in [1.54, 1.807) is 14.2 Å². The van der Waals surface area contributed by atoms with Gasteiger partial charge in [0.2, 0.25) is 5.95 Å². The number of para-hydroxylation sites is 1. The van der Waals surface area contributed by atoms with E-state index in [0.717, 1.165) is 79.3 Å². The first kappa shape index (κ1) is 32.6. The Hall–Kier alpha value is -3.94. The highest BCUT2D eigenvalue weighted by molar-refractivity contribution is 9.10. The highest BCUT2D eigenvalue weighted by atomic mass is 79.9. The van der Waals surface area contributed by atoms with Crippen molar-refractivity contribution in [3.05, 3.63) is 87.8 Å². The number of benzene rings is 4. The van der Waals surface area contributed by atoms with Crippen LogP contribution in [-0.2, 0) is 6.54 Å². The molecule has 0 bridgehead atoms. The number of methoxy groups -OCH3 is 2. The van der Waals surface area contributed by atoms with E-state index in [4.69, 9.17) is 19.4 Å². The molecule has 0 saturated carbocycles. The van der Waals surface area contributed by atoms with Crippen LogP contribution in [0.1, 0.15) is 0 Å². The van der Waals surface area contributed by atoms with E-state index in [2.05, 4.69) is 93.3 Å². The van der Waals surface area contributed by atoms with Gasteiger partial charge in [-0.25, -0.2) is 4.98 Å². The number of halogens is 2. The van der Waals surface area contributed by atoms with E-state index in [0.29, 0.717) is 37.2 Å². The second kappa shape index (κ2) is 14.3. The molecule has 12 heteroatoms. The summed E-state index contributed by atoms with van der Waals surface area (Å²) < 4.78 is 15.2. The number of anilines is 3. The first-order valence-corrected chi connectivity index (χ1v) is 17.5. The number of aliphatic hydroxyl groups is 1. The molecule has 1 fully saturated rings. The van der Waals surface area contributed by atoms with Crippen LogP contribution in [0.25, 0.3) is 32.7 Å². The molecule has 6 aromatic rings. The molecule has 0 spiro atoms. The number of aliphatic hydroxyl groups excluding tert-OH is 1. The summed E-state index contributed by atoms with van der Waals surface area (Å²) in [7, 11) is 3.25. The predicted molar refractivity (Wildman–Crippen MR) is 200 cm³/mol. The van der Waals surface area contributed by atoms with Crippen LogP contribution in [0.15, 0.2) is 87.8 Å². The number of ether oxygens (including phenoxy) is 2. The van der Waals surface area contributed by atoms with Crippen molar-refractivity contribution >= 4 is 82.0 Å². The molecule has 3 N–H and O–H groups in total.